The molecule has 2 aromatic carbocycles. The van der Waals surface area contributed by atoms with Crippen LogP contribution < -0.4 is 5.32 Å². The minimum absolute atomic E-state index is 0.167. The minimum atomic E-state index is -0.537. The molecular weight excluding hydrogens is 281 g/mol. The number of fused-ring (bicyclic) bond motifs is 1. The van der Waals surface area contributed by atoms with Gasteiger partial charge in [0.1, 0.15) is 11.4 Å². The summed E-state index contributed by atoms with van der Waals surface area (Å²) in [6.07, 6.45) is -0.509. The van der Waals surface area contributed by atoms with Gasteiger partial charge in [0, 0.05) is 16.3 Å². The van der Waals surface area contributed by atoms with E-state index in [9.17, 15) is 9.18 Å². The van der Waals surface area contributed by atoms with Gasteiger partial charge in [0.2, 0.25) is 0 Å². The number of rotatable bonds is 1. The average molecular weight is 299 g/mol. The zero-order valence-corrected chi connectivity index (χ0v) is 12.9. The third-order valence-electron chi connectivity index (χ3n) is 2.81. The van der Waals surface area contributed by atoms with Crippen molar-refractivity contribution >= 4 is 16.9 Å². The van der Waals surface area contributed by atoms with Gasteiger partial charge < -0.3 is 10.1 Å². The minimum Gasteiger partial charge on any atom is -0.444 e. The molecule has 0 fully saturated rings. The number of benzene rings is 2. The molecule has 3 nitrogen and oxygen atoms in total. The first kappa shape index (κ1) is 15.8. The molecule has 1 amide bonds. The van der Waals surface area contributed by atoms with E-state index in [1.54, 1.807) is 39.0 Å². The van der Waals surface area contributed by atoms with E-state index in [1.165, 1.54) is 6.07 Å². The predicted molar refractivity (Wildman–Crippen MR) is 85.0 cm³/mol. The third-order valence-corrected chi connectivity index (χ3v) is 2.81. The quantitative estimate of drug-likeness (QED) is 0.812. The average Bonchev–Trinajstić information content (AvgIpc) is 2.44. The molecular formula is C18H18FNO2. The molecule has 0 radical (unpaired) electrons. The summed E-state index contributed by atoms with van der Waals surface area (Å²) in [4.78, 5) is 11.5. The van der Waals surface area contributed by atoms with Gasteiger partial charge in [-0.3, -0.25) is 0 Å². The first-order valence-corrected chi connectivity index (χ1v) is 7.00. The summed E-state index contributed by atoms with van der Waals surface area (Å²) < 4.78 is 18.8. The topological polar surface area (TPSA) is 38.3 Å². The van der Waals surface area contributed by atoms with E-state index >= 15 is 0 Å². The highest BCUT2D eigenvalue weighted by Crippen LogP contribution is 2.20. The SMILES string of the molecule is CC(C)(C)OC(=O)NCC#Cc1ccc(F)c2ccccc12. The second kappa shape index (κ2) is 6.48. The van der Waals surface area contributed by atoms with Gasteiger partial charge >= 0.3 is 6.09 Å². The monoisotopic (exact) mass is 299 g/mol. The molecule has 2 rings (SSSR count). The van der Waals surface area contributed by atoms with Crippen molar-refractivity contribution in [3.63, 3.8) is 0 Å². The second-order valence-electron chi connectivity index (χ2n) is 5.80. The number of hydrogen-bond acceptors (Lipinski definition) is 2. The van der Waals surface area contributed by atoms with E-state index in [2.05, 4.69) is 17.2 Å². The molecule has 114 valence electrons. The summed E-state index contributed by atoms with van der Waals surface area (Å²) >= 11 is 0. The standard InChI is InChI=1S/C18H18FNO2/c1-18(2,3)22-17(21)20-12-6-7-13-10-11-16(19)15-9-5-4-8-14(13)15/h4-5,8-11H,12H2,1-3H3,(H,20,21). The highest BCUT2D eigenvalue weighted by atomic mass is 19.1. The molecule has 0 saturated carbocycles. The van der Waals surface area contributed by atoms with Crippen LogP contribution >= 0.6 is 0 Å². The number of alkyl carbamates (subject to hydrolysis) is 1. The number of nitrogens with one attached hydrogen (secondary N) is 1. The Kier molecular flexibility index (Phi) is 4.67. The number of carbonyl (C=O) groups is 1. The zero-order valence-electron chi connectivity index (χ0n) is 12.9. The molecule has 0 aromatic heterocycles. The Bertz CT molecular complexity index is 751. The fourth-order valence-electron chi connectivity index (χ4n) is 1.94. The van der Waals surface area contributed by atoms with Crippen LogP contribution in [0.4, 0.5) is 9.18 Å². The van der Waals surface area contributed by atoms with Gasteiger partial charge in [-0.1, -0.05) is 36.1 Å². The first-order valence-electron chi connectivity index (χ1n) is 7.00. The van der Waals surface area contributed by atoms with Crippen molar-refractivity contribution in [2.45, 2.75) is 26.4 Å². The van der Waals surface area contributed by atoms with Gasteiger partial charge in [-0.15, -0.1) is 0 Å². The van der Waals surface area contributed by atoms with Crippen molar-refractivity contribution in [2.24, 2.45) is 0 Å². The first-order chi connectivity index (χ1) is 10.4. The van der Waals surface area contributed by atoms with Gasteiger partial charge in [-0.2, -0.15) is 0 Å². The van der Waals surface area contributed by atoms with Crippen molar-refractivity contribution in [1.82, 2.24) is 5.32 Å². The molecule has 0 atom stereocenters. The van der Waals surface area contributed by atoms with Gasteiger partial charge in [0.15, 0.2) is 0 Å². The van der Waals surface area contributed by atoms with E-state index in [0.717, 1.165) is 10.9 Å². The smallest absolute Gasteiger partial charge is 0.408 e. The summed E-state index contributed by atoms with van der Waals surface area (Å²) in [5, 5.41) is 3.85. The van der Waals surface area contributed by atoms with Crippen LogP contribution in [0.2, 0.25) is 0 Å². The molecule has 1 N–H and O–H groups in total. The largest absolute Gasteiger partial charge is 0.444 e. The Morgan fingerprint density at radius 3 is 2.55 bits per heavy atom. The molecule has 0 bridgehead atoms. The van der Waals surface area contributed by atoms with Crippen molar-refractivity contribution in [3.8, 4) is 11.8 Å². The lowest BCUT2D eigenvalue weighted by Crippen LogP contribution is -2.32. The van der Waals surface area contributed by atoms with Crippen LogP contribution in [0, 0.1) is 17.7 Å². The Hall–Kier alpha value is -2.54. The highest BCUT2D eigenvalue weighted by Gasteiger charge is 2.15. The van der Waals surface area contributed by atoms with Crippen molar-refractivity contribution in [1.29, 1.82) is 0 Å². The number of carbonyl (C=O) groups excluding carboxylic acids is 1. The third kappa shape index (κ3) is 4.23. The highest BCUT2D eigenvalue weighted by molar-refractivity contribution is 5.88. The van der Waals surface area contributed by atoms with E-state index in [1.807, 2.05) is 12.1 Å². The van der Waals surface area contributed by atoms with Crippen LogP contribution in [0.5, 0.6) is 0 Å². The lowest BCUT2D eigenvalue weighted by atomic mass is 10.0. The number of ether oxygens (including phenoxy) is 1. The predicted octanol–water partition coefficient (Wildman–Crippen LogP) is 3.86. The molecule has 0 spiro atoms. The number of hydrogen-bond donors (Lipinski definition) is 1. The van der Waals surface area contributed by atoms with E-state index in [0.29, 0.717) is 5.39 Å². The molecule has 0 unspecified atom stereocenters. The normalized spacial score (nSPS) is 10.7. The zero-order chi connectivity index (χ0) is 16.2. The van der Waals surface area contributed by atoms with Crippen molar-refractivity contribution in [3.05, 3.63) is 47.8 Å². The second-order valence-corrected chi connectivity index (χ2v) is 5.80. The van der Waals surface area contributed by atoms with Crippen LogP contribution in [0.25, 0.3) is 10.8 Å². The molecule has 0 heterocycles. The maximum absolute atomic E-state index is 13.7. The van der Waals surface area contributed by atoms with Crippen LogP contribution in [0.15, 0.2) is 36.4 Å². The molecule has 0 aliphatic carbocycles. The number of amides is 1. The molecule has 0 aliphatic heterocycles. The lowest BCUT2D eigenvalue weighted by Gasteiger charge is -2.19. The van der Waals surface area contributed by atoms with Crippen molar-refractivity contribution in [2.75, 3.05) is 6.54 Å². The summed E-state index contributed by atoms with van der Waals surface area (Å²) in [5.74, 6) is 5.52. The Morgan fingerprint density at radius 2 is 1.86 bits per heavy atom. The summed E-state index contributed by atoms with van der Waals surface area (Å²) in [5.41, 5.74) is 0.188. The van der Waals surface area contributed by atoms with E-state index < -0.39 is 11.7 Å². The summed E-state index contributed by atoms with van der Waals surface area (Å²) in [7, 11) is 0. The molecule has 2 aromatic rings. The Morgan fingerprint density at radius 1 is 1.18 bits per heavy atom. The fraction of sp³-hybridized carbons (Fsp3) is 0.278. The van der Waals surface area contributed by atoms with Crippen LogP contribution in [0.3, 0.4) is 0 Å². The summed E-state index contributed by atoms with van der Waals surface area (Å²) in [6, 6.07) is 10.2. The summed E-state index contributed by atoms with van der Waals surface area (Å²) in [6.45, 7) is 5.55. The molecule has 4 heteroatoms. The van der Waals surface area contributed by atoms with Gasteiger partial charge in [0.05, 0.1) is 6.54 Å². The molecule has 0 aliphatic rings. The maximum atomic E-state index is 13.7. The van der Waals surface area contributed by atoms with E-state index in [4.69, 9.17) is 4.74 Å². The number of halogens is 1. The maximum Gasteiger partial charge on any atom is 0.408 e. The van der Waals surface area contributed by atoms with Gasteiger partial charge in [-0.05, 0) is 32.9 Å². The molecule has 0 saturated heterocycles. The lowest BCUT2D eigenvalue weighted by molar-refractivity contribution is 0.0535. The van der Waals surface area contributed by atoms with Crippen LogP contribution in [-0.2, 0) is 4.74 Å². The fourth-order valence-corrected chi connectivity index (χ4v) is 1.94. The van der Waals surface area contributed by atoms with E-state index in [-0.39, 0.29) is 12.4 Å². The van der Waals surface area contributed by atoms with Crippen LogP contribution in [0.1, 0.15) is 26.3 Å². The Balaban J connectivity index is 2.07. The van der Waals surface area contributed by atoms with Gasteiger partial charge in [-0.25, -0.2) is 9.18 Å². The van der Waals surface area contributed by atoms with Gasteiger partial charge in [0.25, 0.3) is 0 Å². The molecule has 22 heavy (non-hydrogen) atoms. The van der Waals surface area contributed by atoms with Crippen molar-refractivity contribution < 1.29 is 13.9 Å². The Labute approximate surface area is 129 Å². The van der Waals surface area contributed by atoms with Crippen LogP contribution in [-0.4, -0.2) is 18.2 Å².